The van der Waals surface area contributed by atoms with Gasteiger partial charge in [0.15, 0.2) is 0 Å². The Morgan fingerprint density at radius 3 is 2.43 bits per heavy atom. The molecule has 1 N–H and O–H groups in total. The molecule has 114 valence electrons. The van der Waals surface area contributed by atoms with Gasteiger partial charge in [-0.1, -0.05) is 0 Å². The lowest BCUT2D eigenvalue weighted by atomic mass is 9.96. The SMILES string of the molecule is O=C(Nc1cncs1)C1CCN(C(=O)N2CCCC2)CC1. The molecule has 21 heavy (non-hydrogen) atoms. The van der Waals surface area contributed by atoms with Crippen LogP contribution in [0.4, 0.5) is 9.80 Å². The summed E-state index contributed by atoms with van der Waals surface area (Å²) in [5.41, 5.74) is 1.70. The number of aromatic nitrogens is 1. The van der Waals surface area contributed by atoms with Gasteiger partial charge < -0.3 is 15.1 Å². The van der Waals surface area contributed by atoms with E-state index in [0.717, 1.165) is 43.8 Å². The van der Waals surface area contributed by atoms with E-state index in [0.29, 0.717) is 13.1 Å². The van der Waals surface area contributed by atoms with Crippen molar-refractivity contribution in [3.63, 3.8) is 0 Å². The molecular formula is C14H20N4O2S. The van der Waals surface area contributed by atoms with Crippen molar-refractivity contribution < 1.29 is 9.59 Å². The Morgan fingerprint density at radius 2 is 1.81 bits per heavy atom. The van der Waals surface area contributed by atoms with Crippen molar-refractivity contribution in [2.75, 3.05) is 31.5 Å². The number of nitrogens with one attached hydrogen (secondary N) is 1. The molecule has 0 aromatic carbocycles. The second-order valence-electron chi connectivity index (χ2n) is 5.59. The maximum absolute atomic E-state index is 12.3. The van der Waals surface area contributed by atoms with E-state index in [2.05, 4.69) is 10.3 Å². The predicted molar refractivity (Wildman–Crippen MR) is 81.2 cm³/mol. The number of likely N-dealkylation sites (tertiary alicyclic amines) is 2. The smallest absolute Gasteiger partial charge is 0.319 e. The van der Waals surface area contributed by atoms with Crippen LogP contribution in [0.3, 0.4) is 0 Å². The topological polar surface area (TPSA) is 65.5 Å². The minimum Gasteiger partial charge on any atom is -0.325 e. The van der Waals surface area contributed by atoms with Crippen LogP contribution < -0.4 is 5.32 Å². The van der Waals surface area contributed by atoms with E-state index in [9.17, 15) is 9.59 Å². The molecule has 7 heteroatoms. The van der Waals surface area contributed by atoms with Gasteiger partial charge in [-0.15, -0.1) is 11.3 Å². The minimum atomic E-state index is -0.00488. The molecule has 0 atom stereocenters. The largest absolute Gasteiger partial charge is 0.325 e. The van der Waals surface area contributed by atoms with Gasteiger partial charge in [0.05, 0.1) is 11.7 Å². The summed E-state index contributed by atoms with van der Waals surface area (Å²) < 4.78 is 0. The lowest BCUT2D eigenvalue weighted by Gasteiger charge is -2.33. The summed E-state index contributed by atoms with van der Waals surface area (Å²) >= 11 is 1.42. The van der Waals surface area contributed by atoms with Gasteiger partial charge in [0.1, 0.15) is 5.00 Å². The summed E-state index contributed by atoms with van der Waals surface area (Å²) in [5, 5.41) is 3.68. The van der Waals surface area contributed by atoms with Gasteiger partial charge in [-0.2, -0.15) is 0 Å². The van der Waals surface area contributed by atoms with Crippen LogP contribution in [0.1, 0.15) is 25.7 Å². The molecule has 2 fully saturated rings. The zero-order chi connectivity index (χ0) is 14.7. The summed E-state index contributed by atoms with van der Waals surface area (Å²) in [7, 11) is 0. The van der Waals surface area contributed by atoms with Crippen molar-refractivity contribution in [2.45, 2.75) is 25.7 Å². The van der Waals surface area contributed by atoms with Crippen molar-refractivity contribution in [1.29, 1.82) is 0 Å². The molecule has 6 nitrogen and oxygen atoms in total. The van der Waals surface area contributed by atoms with Crippen molar-refractivity contribution in [1.82, 2.24) is 14.8 Å². The minimum absolute atomic E-state index is 0.00488. The summed E-state index contributed by atoms with van der Waals surface area (Å²) in [6, 6.07) is 0.147. The van der Waals surface area contributed by atoms with E-state index in [1.165, 1.54) is 11.3 Å². The lowest BCUT2D eigenvalue weighted by Crippen LogP contribution is -2.47. The number of amides is 3. The van der Waals surface area contributed by atoms with E-state index in [1.54, 1.807) is 11.7 Å². The normalized spacial score (nSPS) is 19.8. The van der Waals surface area contributed by atoms with E-state index >= 15 is 0 Å². The number of hydrogen-bond acceptors (Lipinski definition) is 4. The molecule has 1 aromatic heterocycles. The molecule has 3 rings (SSSR count). The number of carbonyl (C=O) groups is 2. The molecule has 3 amide bonds. The summed E-state index contributed by atoms with van der Waals surface area (Å²) in [5.74, 6) is 0.0437. The third-order valence-corrected chi connectivity index (χ3v) is 4.88. The molecule has 0 saturated carbocycles. The molecule has 0 aliphatic carbocycles. The summed E-state index contributed by atoms with van der Waals surface area (Å²) in [6.07, 6.45) is 5.36. The standard InChI is InChI=1S/C14H20N4O2S/c19-13(16-12-9-15-10-21-12)11-3-7-18(8-4-11)14(20)17-5-1-2-6-17/h9-11H,1-8H2,(H,16,19). The zero-order valence-electron chi connectivity index (χ0n) is 12.0. The van der Waals surface area contributed by atoms with Crippen LogP contribution in [-0.4, -0.2) is 52.9 Å². The van der Waals surface area contributed by atoms with Gasteiger partial charge in [0.25, 0.3) is 0 Å². The number of rotatable bonds is 2. The van der Waals surface area contributed by atoms with Crippen LogP contribution >= 0.6 is 11.3 Å². The monoisotopic (exact) mass is 308 g/mol. The van der Waals surface area contributed by atoms with Gasteiger partial charge in [-0.05, 0) is 25.7 Å². The molecule has 0 unspecified atom stereocenters. The van der Waals surface area contributed by atoms with Crippen LogP contribution in [0.5, 0.6) is 0 Å². The average Bonchev–Trinajstić information content (AvgIpc) is 3.20. The molecule has 2 aliphatic rings. The molecule has 2 aliphatic heterocycles. The molecule has 2 saturated heterocycles. The molecule has 0 bridgehead atoms. The van der Waals surface area contributed by atoms with Gasteiger partial charge in [0, 0.05) is 32.1 Å². The Morgan fingerprint density at radius 1 is 1.14 bits per heavy atom. The van der Waals surface area contributed by atoms with E-state index in [1.807, 2.05) is 9.80 Å². The highest BCUT2D eigenvalue weighted by atomic mass is 32.1. The Bertz CT molecular complexity index is 491. The first-order chi connectivity index (χ1) is 10.2. The van der Waals surface area contributed by atoms with Crippen LogP contribution in [0.2, 0.25) is 0 Å². The molecule has 0 radical (unpaired) electrons. The number of thiazole rings is 1. The first-order valence-corrected chi connectivity index (χ1v) is 8.35. The maximum atomic E-state index is 12.3. The first-order valence-electron chi connectivity index (χ1n) is 7.47. The number of anilines is 1. The quantitative estimate of drug-likeness (QED) is 0.909. The van der Waals surface area contributed by atoms with E-state index in [-0.39, 0.29) is 17.9 Å². The highest BCUT2D eigenvalue weighted by Gasteiger charge is 2.30. The number of urea groups is 1. The second-order valence-corrected chi connectivity index (χ2v) is 6.48. The zero-order valence-corrected chi connectivity index (χ0v) is 12.8. The van der Waals surface area contributed by atoms with Crippen LogP contribution in [0.15, 0.2) is 11.7 Å². The molecule has 3 heterocycles. The molecule has 0 spiro atoms. The molecular weight excluding hydrogens is 288 g/mol. The van der Waals surface area contributed by atoms with Crippen LogP contribution in [0.25, 0.3) is 0 Å². The van der Waals surface area contributed by atoms with E-state index in [4.69, 9.17) is 0 Å². The maximum Gasteiger partial charge on any atom is 0.319 e. The summed E-state index contributed by atoms with van der Waals surface area (Å²) in [4.78, 5) is 32.2. The van der Waals surface area contributed by atoms with Gasteiger partial charge in [0.2, 0.25) is 5.91 Å². The highest BCUT2D eigenvalue weighted by molar-refractivity contribution is 7.13. The number of hydrogen-bond donors (Lipinski definition) is 1. The Hall–Kier alpha value is -1.63. The number of nitrogens with zero attached hydrogens (tertiary/aromatic N) is 3. The fraction of sp³-hybridized carbons (Fsp3) is 0.643. The predicted octanol–water partition coefficient (Wildman–Crippen LogP) is 2.01. The second kappa shape index (κ2) is 6.43. The molecule has 1 aromatic rings. The van der Waals surface area contributed by atoms with E-state index < -0.39 is 0 Å². The first kappa shape index (κ1) is 14.3. The van der Waals surface area contributed by atoms with Gasteiger partial charge >= 0.3 is 6.03 Å². The van der Waals surface area contributed by atoms with Gasteiger partial charge in [-0.25, -0.2) is 4.79 Å². The van der Waals surface area contributed by atoms with Crippen molar-refractivity contribution in [3.05, 3.63) is 11.7 Å². The Kier molecular flexibility index (Phi) is 4.38. The fourth-order valence-corrected chi connectivity index (χ4v) is 3.46. The summed E-state index contributed by atoms with van der Waals surface area (Å²) in [6.45, 7) is 3.11. The fourth-order valence-electron chi connectivity index (χ4n) is 2.94. The third-order valence-electron chi connectivity index (χ3n) is 4.19. The lowest BCUT2D eigenvalue weighted by molar-refractivity contribution is -0.121. The van der Waals surface area contributed by atoms with Crippen LogP contribution in [0, 0.1) is 5.92 Å². The number of carbonyl (C=O) groups excluding carboxylic acids is 2. The van der Waals surface area contributed by atoms with Crippen LogP contribution in [-0.2, 0) is 4.79 Å². The van der Waals surface area contributed by atoms with Crippen molar-refractivity contribution >= 4 is 28.3 Å². The third kappa shape index (κ3) is 3.34. The Labute approximate surface area is 128 Å². The van der Waals surface area contributed by atoms with Gasteiger partial charge in [-0.3, -0.25) is 9.78 Å². The number of piperidine rings is 1. The average molecular weight is 308 g/mol. The van der Waals surface area contributed by atoms with Crippen molar-refractivity contribution in [2.24, 2.45) is 5.92 Å². The van der Waals surface area contributed by atoms with Crippen molar-refractivity contribution in [3.8, 4) is 0 Å². The Balaban J connectivity index is 1.48. The highest BCUT2D eigenvalue weighted by Crippen LogP contribution is 2.22.